The second-order valence-electron chi connectivity index (χ2n) is 6.27. The average molecular weight is 299 g/mol. The molecule has 0 aliphatic carbocycles. The minimum absolute atomic E-state index is 0.262. The van der Waals surface area contributed by atoms with Crippen molar-refractivity contribution in [1.82, 2.24) is 0 Å². The molecule has 3 heteroatoms. The lowest BCUT2D eigenvalue weighted by Crippen LogP contribution is -2.34. The van der Waals surface area contributed by atoms with Crippen molar-refractivity contribution in [2.75, 3.05) is 0 Å². The van der Waals surface area contributed by atoms with Gasteiger partial charge in [-0.1, -0.05) is 51.2 Å². The number of rotatable bonds is 14. The molecule has 0 saturated carbocycles. The van der Waals surface area contributed by atoms with Crippen LogP contribution in [0.2, 0.25) is 0 Å². The van der Waals surface area contributed by atoms with Gasteiger partial charge in [0.2, 0.25) is 0 Å². The van der Waals surface area contributed by atoms with Gasteiger partial charge in [-0.3, -0.25) is 0 Å². The first kappa shape index (κ1) is 20.6. The fraction of sp³-hybridized carbons (Fsp3) is 0.889. The number of nitrogens with two attached hydrogens (primary N) is 1. The largest absolute Gasteiger partial charge is 0.393 e. The van der Waals surface area contributed by atoms with E-state index in [2.05, 4.69) is 19.1 Å². The minimum Gasteiger partial charge on any atom is -0.393 e. The Balaban J connectivity index is 3.33. The van der Waals surface area contributed by atoms with Gasteiger partial charge in [0.1, 0.15) is 0 Å². The van der Waals surface area contributed by atoms with Gasteiger partial charge < -0.3 is 15.9 Å². The number of hydrogen-bond acceptors (Lipinski definition) is 3. The quantitative estimate of drug-likeness (QED) is 0.336. The zero-order chi connectivity index (χ0) is 15.9. The van der Waals surface area contributed by atoms with Gasteiger partial charge in [-0.05, 0) is 39.0 Å². The molecule has 3 atom stereocenters. The van der Waals surface area contributed by atoms with Crippen molar-refractivity contribution < 1.29 is 10.2 Å². The van der Waals surface area contributed by atoms with Crippen LogP contribution in [0.3, 0.4) is 0 Å². The Morgan fingerprint density at radius 1 is 0.905 bits per heavy atom. The lowest BCUT2D eigenvalue weighted by molar-refractivity contribution is 0.0630. The van der Waals surface area contributed by atoms with E-state index in [0.717, 1.165) is 25.7 Å². The second kappa shape index (κ2) is 14.6. The Kier molecular flexibility index (Phi) is 14.3. The van der Waals surface area contributed by atoms with Crippen molar-refractivity contribution >= 4 is 0 Å². The molecule has 0 radical (unpaired) electrons. The summed E-state index contributed by atoms with van der Waals surface area (Å²) >= 11 is 0. The Labute approximate surface area is 131 Å². The van der Waals surface area contributed by atoms with Crippen LogP contribution in [0.25, 0.3) is 0 Å². The van der Waals surface area contributed by atoms with E-state index in [1.54, 1.807) is 6.92 Å². The van der Waals surface area contributed by atoms with Crippen LogP contribution >= 0.6 is 0 Å². The number of allylic oxidation sites excluding steroid dienone is 2. The van der Waals surface area contributed by atoms with Crippen molar-refractivity contribution in [2.24, 2.45) is 5.73 Å². The highest BCUT2D eigenvalue weighted by molar-refractivity contribution is 4.81. The van der Waals surface area contributed by atoms with Crippen LogP contribution in [0.5, 0.6) is 0 Å². The van der Waals surface area contributed by atoms with E-state index in [4.69, 9.17) is 5.73 Å². The van der Waals surface area contributed by atoms with E-state index >= 15 is 0 Å². The third-order valence-corrected chi connectivity index (χ3v) is 3.92. The van der Waals surface area contributed by atoms with E-state index in [9.17, 15) is 10.2 Å². The van der Waals surface area contributed by atoms with Crippen LogP contribution in [0.1, 0.15) is 84.5 Å². The molecule has 0 aliphatic heterocycles. The summed E-state index contributed by atoms with van der Waals surface area (Å²) in [5.41, 5.74) is 5.58. The first-order valence-electron chi connectivity index (χ1n) is 8.84. The minimum atomic E-state index is -0.587. The third kappa shape index (κ3) is 14.3. The average Bonchev–Trinajstić information content (AvgIpc) is 2.44. The summed E-state index contributed by atoms with van der Waals surface area (Å²) in [6.45, 7) is 4.01. The summed E-state index contributed by atoms with van der Waals surface area (Å²) in [6.07, 6.45) is 15.8. The fourth-order valence-corrected chi connectivity index (χ4v) is 2.35. The van der Waals surface area contributed by atoms with Gasteiger partial charge in [0, 0.05) is 12.5 Å². The molecule has 0 spiro atoms. The molecule has 0 heterocycles. The second-order valence-corrected chi connectivity index (χ2v) is 6.27. The van der Waals surface area contributed by atoms with E-state index < -0.39 is 12.2 Å². The maximum Gasteiger partial charge on any atom is 0.0712 e. The number of hydrogen-bond donors (Lipinski definition) is 3. The number of aliphatic hydroxyl groups is 2. The lowest BCUT2D eigenvalue weighted by Gasteiger charge is -2.18. The highest BCUT2D eigenvalue weighted by Crippen LogP contribution is 2.11. The van der Waals surface area contributed by atoms with Gasteiger partial charge in [-0.25, -0.2) is 0 Å². The van der Waals surface area contributed by atoms with Gasteiger partial charge in [0.15, 0.2) is 0 Å². The van der Waals surface area contributed by atoms with E-state index in [1.807, 2.05) is 0 Å². The predicted molar refractivity (Wildman–Crippen MR) is 91.3 cm³/mol. The Morgan fingerprint density at radius 3 is 2.00 bits per heavy atom. The summed E-state index contributed by atoms with van der Waals surface area (Å²) < 4.78 is 0. The SMILES string of the molecule is CCCCCC/C=C\CCCCC[C@H](O)C[C@H](O)[C@H](C)N. The first-order chi connectivity index (χ1) is 10.1. The Bertz CT molecular complexity index is 241. The number of aliphatic hydroxyl groups excluding tert-OH is 2. The molecular formula is C18H37NO2. The summed E-state index contributed by atoms with van der Waals surface area (Å²) in [5, 5.41) is 19.4. The van der Waals surface area contributed by atoms with E-state index in [-0.39, 0.29) is 6.04 Å². The summed E-state index contributed by atoms with van der Waals surface area (Å²) in [6, 6.07) is -0.262. The van der Waals surface area contributed by atoms with Crippen molar-refractivity contribution in [3.05, 3.63) is 12.2 Å². The lowest BCUT2D eigenvalue weighted by atomic mass is 10.0. The molecule has 4 N–H and O–H groups in total. The standard InChI is InChI=1S/C18H37NO2/c1-3-4-5-6-7-8-9-10-11-12-13-14-17(20)15-18(21)16(2)19/h8-9,16-18,20-21H,3-7,10-15,19H2,1-2H3/b9-8-/t16-,17-,18-/m0/s1. The smallest absolute Gasteiger partial charge is 0.0712 e. The van der Waals surface area contributed by atoms with Gasteiger partial charge in [0.25, 0.3) is 0 Å². The zero-order valence-electron chi connectivity index (χ0n) is 14.1. The molecule has 0 aliphatic rings. The van der Waals surface area contributed by atoms with E-state index in [1.165, 1.54) is 38.5 Å². The van der Waals surface area contributed by atoms with Crippen LogP contribution in [0.15, 0.2) is 12.2 Å². The summed E-state index contributed by atoms with van der Waals surface area (Å²) in [4.78, 5) is 0. The van der Waals surface area contributed by atoms with Crippen molar-refractivity contribution in [3.8, 4) is 0 Å². The molecular weight excluding hydrogens is 262 g/mol. The van der Waals surface area contributed by atoms with Crippen LogP contribution in [0.4, 0.5) is 0 Å². The van der Waals surface area contributed by atoms with E-state index in [0.29, 0.717) is 6.42 Å². The highest BCUT2D eigenvalue weighted by atomic mass is 16.3. The van der Waals surface area contributed by atoms with Gasteiger partial charge in [0.05, 0.1) is 12.2 Å². The van der Waals surface area contributed by atoms with Crippen LogP contribution in [-0.2, 0) is 0 Å². The molecule has 0 fully saturated rings. The molecule has 0 aromatic rings. The molecule has 0 rings (SSSR count). The molecule has 0 aromatic heterocycles. The molecule has 0 bridgehead atoms. The molecule has 21 heavy (non-hydrogen) atoms. The topological polar surface area (TPSA) is 66.5 Å². The molecule has 0 aromatic carbocycles. The Hall–Kier alpha value is -0.380. The molecule has 0 unspecified atom stereocenters. The zero-order valence-corrected chi connectivity index (χ0v) is 14.1. The first-order valence-corrected chi connectivity index (χ1v) is 8.84. The monoisotopic (exact) mass is 299 g/mol. The predicted octanol–water partition coefficient (Wildman–Crippen LogP) is 3.92. The van der Waals surface area contributed by atoms with Crippen molar-refractivity contribution in [2.45, 2.75) is 103 Å². The Morgan fingerprint density at radius 2 is 1.48 bits per heavy atom. The maximum absolute atomic E-state index is 9.78. The summed E-state index contributed by atoms with van der Waals surface area (Å²) in [5.74, 6) is 0. The van der Waals surface area contributed by atoms with Crippen LogP contribution < -0.4 is 5.73 Å². The van der Waals surface area contributed by atoms with Crippen LogP contribution in [0, 0.1) is 0 Å². The van der Waals surface area contributed by atoms with Gasteiger partial charge in [-0.2, -0.15) is 0 Å². The van der Waals surface area contributed by atoms with Crippen LogP contribution in [-0.4, -0.2) is 28.5 Å². The van der Waals surface area contributed by atoms with Gasteiger partial charge in [-0.15, -0.1) is 0 Å². The maximum atomic E-state index is 9.78. The normalized spacial score (nSPS) is 16.2. The van der Waals surface area contributed by atoms with Crippen molar-refractivity contribution in [1.29, 1.82) is 0 Å². The van der Waals surface area contributed by atoms with Gasteiger partial charge >= 0.3 is 0 Å². The molecule has 0 amide bonds. The fourth-order valence-electron chi connectivity index (χ4n) is 2.35. The van der Waals surface area contributed by atoms with Crippen molar-refractivity contribution in [3.63, 3.8) is 0 Å². The molecule has 126 valence electrons. The molecule has 3 nitrogen and oxygen atoms in total. The highest BCUT2D eigenvalue weighted by Gasteiger charge is 2.14. The molecule has 0 saturated heterocycles. The number of unbranched alkanes of at least 4 members (excludes halogenated alkanes) is 7. The third-order valence-electron chi connectivity index (χ3n) is 3.92. The summed E-state index contributed by atoms with van der Waals surface area (Å²) in [7, 11) is 0.